The van der Waals surface area contributed by atoms with Gasteiger partial charge in [0.2, 0.25) is 0 Å². The molecule has 0 radical (unpaired) electrons. The number of rotatable bonds is 3. The van der Waals surface area contributed by atoms with Gasteiger partial charge in [0.1, 0.15) is 0 Å². The number of hydrogen-bond acceptors (Lipinski definition) is 3. The number of hydroxylamine groups is 1. The van der Waals surface area contributed by atoms with Crippen molar-refractivity contribution in [2.24, 2.45) is 0 Å². The van der Waals surface area contributed by atoms with Crippen LogP contribution in [0.4, 0.5) is 0 Å². The van der Waals surface area contributed by atoms with Crippen molar-refractivity contribution in [1.82, 2.24) is 5.48 Å². The summed E-state index contributed by atoms with van der Waals surface area (Å²) in [5, 5.41) is 0. The van der Waals surface area contributed by atoms with E-state index in [0.717, 1.165) is 6.08 Å². The SMILES string of the molecule is C=CC(=O)ONCC. The Labute approximate surface area is 48.3 Å². The Hall–Kier alpha value is -0.830. The minimum absolute atomic E-state index is 0.452. The first-order chi connectivity index (χ1) is 3.81. The largest absolute Gasteiger partial charge is 0.367 e. The standard InChI is InChI=1S/C5H9NO2/c1-3-5(7)8-6-4-2/h3,6H,1,4H2,2H3. The molecule has 0 spiro atoms. The van der Waals surface area contributed by atoms with Crippen LogP contribution in [0.1, 0.15) is 6.92 Å². The summed E-state index contributed by atoms with van der Waals surface area (Å²) >= 11 is 0. The summed E-state index contributed by atoms with van der Waals surface area (Å²) in [7, 11) is 0. The molecule has 0 aromatic rings. The number of carbonyl (C=O) groups excluding carboxylic acids is 1. The molecular formula is C5H9NO2. The summed E-state index contributed by atoms with van der Waals surface area (Å²) < 4.78 is 0. The van der Waals surface area contributed by atoms with Crippen molar-refractivity contribution in [1.29, 1.82) is 0 Å². The van der Waals surface area contributed by atoms with Crippen molar-refractivity contribution in [3.8, 4) is 0 Å². The van der Waals surface area contributed by atoms with Gasteiger partial charge in [0.25, 0.3) is 0 Å². The zero-order valence-electron chi connectivity index (χ0n) is 4.81. The summed E-state index contributed by atoms with van der Waals surface area (Å²) in [5.41, 5.74) is 2.38. The Morgan fingerprint density at radius 1 is 2.00 bits per heavy atom. The maximum absolute atomic E-state index is 10.2. The highest BCUT2D eigenvalue weighted by Gasteiger charge is 1.89. The number of hydrogen-bond donors (Lipinski definition) is 1. The maximum Gasteiger partial charge on any atom is 0.348 e. The van der Waals surface area contributed by atoms with Crippen LogP contribution in [0.2, 0.25) is 0 Å². The zero-order valence-corrected chi connectivity index (χ0v) is 4.81. The van der Waals surface area contributed by atoms with Crippen LogP contribution in [-0.2, 0) is 9.63 Å². The fraction of sp³-hybridized carbons (Fsp3) is 0.400. The van der Waals surface area contributed by atoms with Gasteiger partial charge in [-0.1, -0.05) is 6.58 Å². The smallest absolute Gasteiger partial charge is 0.348 e. The average molecular weight is 115 g/mol. The first-order valence-corrected chi connectivity index (χ1v) is 2.37. The van der Waals surface area contributed by atoms with Crippen molar-refractivity contribution in [3.63, 3.8) is 0 Å². The molecule has 0 rings (SSSR count). The van der Waals surface area contributed by atoms with Gasteiger partial charge < -0.3 is 4.84 Å². The molecule has 0 aliphatic heterocycles. The van der Waals surface area contributed by atoms with Gasteiger partial charge in [-0.3, -0.25) is 0 Å². The van der Waals surface area contributed by atoms with E-state index < -0.39 is 5.97 Å². The van der Waals surface area contributed by atoms with E-state index in [9.17, 15) is 4.79 Å². The molecule has 1 N–H and O–H groups in total. The lowest BCUT2D eigenvalue weighted by molar-refractivity contribution is -0.144. The molecule has 0 aliphatic carbocycles. The van der Waals surface area contributed by atoms with E-state index in [-0.39, 0.29) is 0 Å². The highest BCUT2D eigenvalue weighted by atomic mass is 16.7. The fourth-order valence-corrected chi connectivity index (χ4v) is 0.185. The van der Waals surface area contributed by atoms with E-state index in [0.29, 0.717) is 6.54 Å². The minimum atomic E-state index is -0.452. The van der Waals surface area contributed by atoms with Gasteiger partial charge in [0.05, 0.1) is 0 Å². The second-order valence-corrected chi connectivity index (χ2v) is 1.12. The van der Waals surface area contributed by atoms with Crippen molar-refractivity contribution < 1.29 is 9.63 Å². The quantitative estimate of drug-likeness (QED) is 0.423. The molecule has 0 heterocycles. The van der Waals surface area contributed by atoms with E-state index >= 15 is 0 Å². The highest BCUT2D eigenvalue weighted by Crippen LogP contribution is 1.70. The third-order valence-electron chi connectivity index (χ3n) is 0.484. The monoisotopic (exact) mass is 115 g/mol. The van der Waals surface area contributed by atoms with Gasteiger partial charge in [-0.25, -0.2) is 4.79 Å². The lowest BCUT2D eigenvalue weighted by atomic mass is 10.7. The van der Waals surface area contributed by atoms with Crippen LogP contribution in [0.5, 0.6) is 0 Å². The Morgan fingerprint density at radius 3 is 3.00 bits per heavy atom. The molecule has 0 saturated carbocycles. The maximum atomic E-state index is 10.2. The van der Waals surface area contributed by atoms with Gasteiger partial charge >= 0.3 is 5.97 Å². The normalized spacial score (nSPS) is 8.12. The van der Waals surface area contributed by atoms with Crippen LogP contribution in [0.3, 0.4) is 0 Å². The Balaban J connectivity index is 3.11. The molecule has 0 amide bonds. The zero-order chi connectivity index (χ0) is 6.41. The van der Waals surface area contributed by atoms with Crippen LogP contribution in [0, 0.1) is 0 Å². The molecule has 3 heteroatoms. The Morgan fingerprint density at radius 2 is 2.62 bits per heavy atom. The van der Waals surface area contributed by atoms with Crippen molar-refractivity contribution in [3.05, 3.63) is 12.7 Å². The van der Waals surface area contributed by atoms with Gasteiger partial charge in [-0.15, -0.1) is 0 Å². The first kappa shape index (κ1) is 7.17. The van der Waals surface area contributed by atoms with Crippen molar-refractivity contribution in [2.45, 2.75) is 6.92 Å². The van der Waals surface area contributed by atoms with Crippen LogP contribution >= 0.6 is 0 Å². The second-order valence-electron chi connectivity index (χ2n) is 1.12. The van der Waals surface area contributed by atoms with E-state index in [1.165, 1.54) is 0 Å². The molecule has 0 fully saturated rings. The Bertz CT molecular complexity index is 90.4. The van der Waals surface area contributed by atoms with Gasteiger partial charge in [0, 0.05) is 12.6 Å². The van der Waals surface area contributed by atoms with Gasteiger partial charge in [-0.2, -0.15) is 5.48 Å². The molecule has 0 atom stereocenters. The molecule has 8 heavy (non-hydrogen) atoms. The number of nitrogens with one attached hydrogen (secondary N) is 1. The molecule has 3 nitrogen and oxygen atoms in total. The van der Waals surface area contributed by atoms with E-state index in [2.05, 4.69) is 16.9 Å². The second kappa shape index (κ2) is 4.33. The topological polar surface area (TPSA) is 38.3 Å². The van der Waals surface area contributed by atoms with Crippen molar-refractivity contribution in [2.75, 3.05) is 6.54 Å². The average Bonchev–Trinajstić information content (AvgIpc) is 1.83. The molecular weight excluding hydrogens is 106 g/mol. The summed E-state index contributed by atoms with van der Waals surface area (Å²) in [6.45, 7) is 5.64. The predicted octanol–water partition coefficient (Wildman–Crippen LogP) is 0.240. The first-order valence-electron chi connectivity index (χ1n) is 2.37. The Kier molecular flexibility index (Phi) is 3.88. The van der Waals surface area contributed by atoms with E-state index in [4.69, 9.17) is 0 Å². The molecule has 0 unspecified atom stereocenters. The van der Waals surface area contributed by atoms with E-state index in [1.54, 1.807) is 0 Å². The van der Waals surface area contributed by atoms with Gasteiger partial charge in [0.15, 0.2) is 0 Å². The van der Waals surface area contributed by atoms with Gasteiger partial charge in [-0.05, 0) is 6.92 Å². The highest BCUT2D eigenvalue weighted by molar-refractivity contribution is 5.80. The van der Waals surface area contributed by atoms with Crippen molar-refractivity contribution >= 4 is 5.97 Å². The predicted molar refractivity (Wildman–Crippen MR) is 30.0 cm³/mol. The van der Waals surface area contributed by atoms with Crippen LogP contribution in [0.25, 0.3) is 0 Å². The van der Waals surface area contributed by atoms with E-state index in [1.807, 2.05) is 6.92 Å². The minimum Gasteiger partial charge on any atom is -0.367 e. The molecule has 0 aliphatic rings. The summed E-state index contributed by atoms with van der Waals surface area (Å²) in [5.74, 6) is -0.452. The summed E-state index contributed by atoms with van der Waals surface area (Å²) in [6.07, 6.45) is 1.10. The van der Waals surface area contributed by atoms with Crippen LogP contribution in [-0.4, -0.2) is 12.5 Å². The van der Waals surface area contributed by atoms with Crippen LogP contribution < -0.4 is 5.48 Å². The molecule has 46 valence electrons. The molecule has 0 aromatic heterocycles. The molecule has 0 saturated heterocycles. The molecule has 0 bridgehead atoms. The fourth-order valence-electron chi connectivity index (χ4n) is 0.185. The third-order valence-corrected chi connectivity index (χ3v) is 0.484. The number of carbonyl (C=O) groups is 1. The lowest BCUT2D eigenvalue weighted by Crippen LogP contribution is -2.17. The lowest BCUT2D eigenvalue weighted by Gasteiger charge is -1.96. The summed E-state index contributed by atoms with van der Waals surface area (Å²) in [6, 6.07) is 0. The summed E-state index contributed by atoms with van der Waals surface area (Å²) in [4.78, 5) is 14.5. The third kappa shape index (κ3) is 3.36. The van der Waals surface area contributed by atoms with Crippen LogP contribution in [0.15, 0.2) is 12.7 Å². The molecule has 0 aromatic carbocycles.